The zero-order valence-electron chi connectivity index (χ0n) is 16.9. The largest absolute Gasteiger partial charge is 0.350 e. The van der Waals surface area contributed by atoms with Gasteiger partial charge in [0.05, 0.1) is 11.7 Å². The normalized spacial score (nSPS) is 12.0. The molecule has 0 spiro atoms. The average molecular weight is 371 g/mol. The second-order valence-corrected chi connectivity index (χ2v) is 7.21. The molecule has 27 heavy (non-hydrogen) atoms. The Balaban J connectivity index is 1.93. The first-order chi connectivity index (χ1) is 12.7. The topological polar surface area (TPSA) is 88.0 Å². The summed E-state index contributed by atoms with van der Waals surface area (Å²) in [5, 5.41) is 13.0. The number of benzene rings is 1. The Morgan fingerprint density at radius 2 is 1.81 bits per heavy atom. The standard InChI is InChI=1S/C20H29N5O2/c1-12(2)22-19(26)17-7-8-18(13(3)9-17)23-20(27)21-11-16(6)25-15(5)10-14(4)24-25/h7-10,12,16H,11H2,1-6H3,(H,22,26)(H2,21,23,27)/t16-/m1/s1. The Labute approximate surface area is 160 Å². The van der Waals surface area contributed by atoms with Crippen molar-refractivity contribution in [3.63, 3.8) is 0 Å². The van der Waals surface area contributed by atoms with E-state index >= 15 is 0 Å². The summed E-state index contributed by atoms with van der Waals surface area (Å²) in [6.07, 6.45) is 0. The number of aryl methyl sites for hydroxylation is 3. The van der Waals surface area contributed by atoms with Crippen molar-refractivity contribution in [2.75, 3.05) is 11.9 Å². The molecule has 0 unspecified atom stereocenters. The summed E-state index contributed by atoms with van der Waals surface area (Å²) in [6, 6.07) is 7.07. The molecule has 7 heteroatoms. The van der Waals surface area contributed by atoms with Gasteiger partial charge in [0.25, 0.3) is 5.91 Å². The number of hydrogen-bond acceptors (Lipinski definition) is 3. The van der Waals surface area contributed by atoms with Crippen molar-refractivity contribution < 1.29 is 9.59 Å². The molecule has 0 radical (unpaired) electrons. The van der Waals surface area contributed by atoms with Gasteiger partial charge in [-0.05, 0) is 71.4 Å². The lowest BCUT2D eigenvalue weighted by Crippen LogP contribution is -2.34. The van der Waals surface area contributed by atoms with E-state index in [-0.39, 0.29) is 24.0 Å². The molecule has 0 fully saturated rings. The summed E-state index contributed by atoms with van der Waals surface area (Å²) in [5.41, 5.74) is 4.10. The molecule has 0 saturated carbocycles. The Morgan fingerprint density at radius 3 is 2.37 bits per heavy atom. The number of amides is 3. The minimum Gasteiger partial charge on any atom is -0.350 e. The van der Waals surface area contributed by atoms with E-state index < -0.39 is 0 Å². The quantitative estimate of drug-likeness (QED) is 0.728. The zero-order valence-corrected chi connectivity index (χ0v) is 16.9. The second-order valence-electron chi connectivity index (χ2n) is 7.21. The van der Waals surface area contributed by atoms with E-state index in [1.54, 1.807) is 18.2 Å². The maximum Gasteiger partial charge on any atom is 0.319 e. The third-order valence-electron chi connectivity index (χ3n) is 4.18. The summed E-state index contributed by atoms with van der Waals surface area (Å²) in [7, 11) is 0. The van der Waals surface area contributed by atoms with E-state index in [1.807, 2.05) is 52.3 Å². The van der Waals surface area contributed by atoms with E-state index in [9.17, 15) is 9.59 Å². The van der Waals surface area contributed by atoms with Crippen LogP contribution < -0.4 is 16.0 Å². The molecule has 1 heterocycles. The number of nitrogens with zero attached hydrogens (tertiary/aromatic N) is 2. The van der Waals surface area contributed by atoms with Gasteiger partial charge < -0.3 is 16.0 Å². The van der Waals surface area contributed by atoms with Crippen molar-refractivity contribution >= 4 is 17.6 Å². The SMILES string of the molecule is Cc1cc(C)n([C@H](C)CNC(=O)Nc2ccc(C(=O)NC(C)C)cc2C)n1. The summed E-state index contributed by atoms with van der Waals surface area (Å²) < 4.78 is 1.91. The first kappa shape index (κ1) is 20.5. The number of anilines is 1. The minimum atomic E-state index is -0.286. The zero-order chi connectivity index (χ0) is 20.1. The molecular formula is C20H29N5O2. The average Bonchev–Trinajstić information content (AvgIpc) is 2.92. The van der Waals surface area contributed by atoms with Gasteiger partial charge in [0.15, 0.2) is 0 Å². The Kier molecular flexibility index (Phi) is 6.60. The fourth-order valence-electron chi connectivity index (χ4n) is 2.88. The Hall–Kier alpha value is -2.83. The summed E-state index contributed by atoms with van der Waals surface area (Å²) in [5.74, 6) is -0.122. The fourth-order valence-corrected chi connectivity index (χ4v) is 2.88. The number of aromatic nitrogens is 2. The van der Waals surface area contributed by atoms with Crippen molar-refractivity contribution in [2.24, 2.45) is 0 Å². The molecule has 1 aromatic heterocycles. The molecule has 1 atom stereocenters. The van der Waals surface area contributed by atoms with Crippen molar-refractivity contribution in [1.29, 1.82) is 0 Å². The van der Waals surface area contributed by atoms with Gasteiger partial charge in [0, 0.05) is 29.5 Å². The van der Waals surface area contributed by atoms with Crippen LogP contribution >= 0.6 is 0 Å². The molecule has 0 aliphatic rings. The predicted molar refractivity (Wildman–Crippen MR) is 107 cm³/mol. The van der Waals surface area contributed by atoms with Gasteiger partial charge in [-0.25, -0.2) is 4.79 Å². The van der Waals surface area contributed by atoms with Gasteiger partial charge in [0.1, 0.15) is 0 Å². The summed E-state index contributed by atoms with van der Waals surface area (Å²) in [6.45, 7) is 12.1. The van der Waals surface area contributed by atoms with Crippen LogP contribution in [0.5, 0.6) is 0 Å². The molecule has 0 saturated heterocycles. The lowest BCUT2D eigenvalue weighted by Gasteiger charge is -2.16. The van der Waals surface area contributed by atoms with Gasteiger partial charge in [-0.1, -0.05) is 0 Å². The Bertz CT molecular complexity index is 826. The fraction of sp³-hybridized carbons (Fsp3) is 0.450. The smallest absolute Gasteiger partial charge is 0.319 e. The highest BCUT2D eigenvalue weighted by Crippen LogP contribution is 2.17. The van der Waals surface area contributed by atoms with Gasteiger partial charge in [0.2, 0.25) is 0 Å². The number of carbonyl (C=O) groups excluding carboxylic acids is 2. The van der Waals surface area contributed by atoms with Crippen LogP contribution in [0.15, 0.2) is 24.3 Å². The molecule has 3 N–H and O–H groups in total. The highest BCUT2D eigenvalue weighted by Gasteiger charge is 2.13. The molecule has 3 amide bonds. The van der Waals surface area contributed by atoms with Crippen LogP contribution in [-0.4, -0.2) is 34.3 Å². The number of hydrogen-bond donors (Lipinski definition) is 3. The number of rotatable bonds is 6. The van der Waals surface area contributed by atoms with Gasteiger partial charge in [-0.3, -0.25) is 9.48 Å². The molecule has 0 aliphatic heterocycles. The first-order valence-electron chi connectivity index (χ1n) is 9.16. The number of carbonyl (C=O) groups is 2. The van der Waals surface area contributed by atoms with E-state index in [1.165, 1.54) is 0 Å². The van der Waals surface area contributed by atoms with E-state index in [4.69, 9.17) is 0 Å². The predicted octanol–water partition coefficient (Wildman–Crippen LogP) is 3.33. The number of urea groups is 1. The monoisotopic (exact) mass is 371 g/mol. The Morgan fingerprint density at radius 1 is 1.11 bits per heavy atom. The van der Waals surface area contributed by atoms with E-state index in [0.29, 0.717) is 17.8 Å². The molecule has 1 aromatic carbocycles. The number of nitrogens with one attached hydrogen (secondary N) is 3. The highest BCUT2D eigenvalue weighted by atomic mass is 16.2. The van der Waals surface area contributed by atoms with Crippen LogP contribution in [0.3, 0.4) is 0 Å². The van der Waals surface area contributed by atoms with E-state index in [0.717, 1.165) is 17.0 Å². The van der Waals surface area contributed by atoms with E-state index in [2.05, 4.69) is 21.0 Å². The third-order valence-corrected chi connectivity index (χ3v) is 4.18. The third kappa shape index (κ3) is 5.57. The van der Waals surface area contributed by atoms with Crippen LogP contribution in [0.25, 0.3) is 0 Å². The summed E-state index contributed by atoms with van der Waals surface area (Å²) >= 11 is 0. The van der Waals surface area contributed by atoms with Crippen molar-refractivity contribution in [3.05, 3.63) is 46.8 Å². The van der Waals surface area contributed by atoms with Crippen LogP contribution in [0.2, 0.25) is 0 Å². The molecule has 0 bridgehead atoms. The summed E-state index contributed by atoms with van der Waals surface area (Å²) in [4.78, 5) is 24.3. The molecule has 2 rings (SSSR count). The lowest BCUT2D eigenvalue weighted by molar-refractivity contribution is 0.0943. The van der Waals surface area contributed by atoms with Gasteiger partial charge in [-0.15, -0.1) is 0 Å². The molecular weight excluding hydrogens is 342 g/mol. The molecule has 146 valence electrons. The van der Waals surface area contributed by atoms with Gasteiger partial charge in [-0.2, -0.15) is 5.10 Å². The van der Waals surface area contributed by atoms with Crippen LogP contribution in [0, 0.1) is 20.8 Å². The maximum absolute atomic E-state index is 12.2. The maximum atomic E-state index is 12.2. The van der Waals surface area contributed by atoms with Gasteiger partial charge >= 0.3 is 6.03 Å². The van der Waals surface area contributed by atoms with Crippen LogP contribution in [0.1, 0.15) is 54.1 Å². The molecule has 0 aliphatic carbocycles. The van der Waals surface area contributed by atoms with Crippen molar-refractivity contribution in [3.8, 4) is 0 Å². The highest BCUT2D eigenvalue weighted by molar-refractivity contribution is 5.96. The van der Waals surface area contributed by atoms with Crippen LogP contribution in [0.4, 0.5) is 10.5 Å². The lowest BCUT2D eigenvalue weighted by atomic mass is 10.1. The van der Waals surface area contributed by atoms with Crippen LogP contribution in [-0.2, 0) is 0 Å². The van der Waals surface area contributed by atoms with Crippen molar-refractivity contribution in [2.45, 2.75) is 53.6 Å². The molecule has 2 aromatic rings. The first-order valence-corrected chi connectivity index (χ1v) is 9.16. The van der Waals surface area contributed by atoms with Crippen molar-refractivity contribution in [1.82, 2.24) is 20.4 Å². The molecule has 7 nitrogen and oxygen atoms in total. The second kappa shape index (κ2) is 8.70. The minimum absolute atomic E-state index is 0.0488.